The van der Waals surface area contributed by atoms with Crippen molar-refractivity contribution < 1.29 is 14.4 Å². The lowest BCUT2D eigenvalue weighted by molar-refractivity contribution is -0.384. The number of benzene rings is 1. The van der Waals surface area contributed by atoms with E-state index < -0.39 is 11.2 Å². The Hall–Kier alpha value is -2.17. The molecule has 0 radical (unpaired) electrons. The van der Waals surface area contributed by atoms with E-state index in [0.29, 0.717) is 5.56 Å². The Morgan fingerprint density at radius 1 is 1.50 bits per heavy atom. The summed E-state index contributed by atoms with van der Waals surface area (Å²) in [5, 5.41) is 22.4. The van der Waals surface area contributed by atoms with Gasteiger partial charge >= 0.3 is 0 Å². The zero-order valence-electron chi connectivity index (χ0n) is 10.0. The smallest absolute Gasteiger partial charge is 0.292 e. The molecule has 1 rings (SSSR count). The molecule has 0 aliphatic heterocycles. The van der Waals surface area contributed by atoms with Gasteiger partial charge in [0.05, 0.1) is 23.1 Å². The summed E-state index contributed by atoms with van der Waals surface area (Å²) in [4.78, 5) is 10.3. The van der Waals surface area contributed by atoms with Crippen LogP contribution in [0.2, 0.25) is 0 Å². The van der Waals surface area contributed by atoms with Crippen LogP contribution in [-0.2, 0) is 9.47 Å². The van der Waals surface area contributed by atoms with E-state index in [1.54, 1.807) is 0 Å². The molecule has 0 atom stereocenters. The summed E-state index contributed by atoms with van der Waals surface area (Å²) < 4.78 is 9.92. The fraction of sp³-hybridized carbons (Fsp3) is 0.364. The molecule has 0 fully saturated rings. The van der Waals surface area contributed by atoms with Crippen LogP contribution in [0.4, 0.5) is 11.4 Å². The summed E-state index contributed by atoms with van der Waals surface area (Å²) in [5.74, 6) is 0. The summed E-state index contributed by atoms with van der Waals surface area (Å²) >= 11 is 0. The molecule has 0 heterocycles. The quantitative estimate of drug-likeness (QED) is 0.467. The second-order valence-corrected chi connectivity index (χ2v) is 3.38. The van der Waals surface area contributed by atoms with E-state index in [9.17, 15) is 10.1 Å². The SMILES string of the molecule is COC(CNc1cc(C#N)ccc1[N+](=O)[O-])OC. The first-order valence-electron chi connectivity index (χ1n) is 5.10. The van der Waals surface area contributed by atoms with Crippen molar-refractivity contribution in [1.82, 2.24) is 0 Å². The first-order valence-corrected chi connectivity index (χ1v) is 5.10. The number of nitriles is 1. The first kappa shape index (κ1) is 13.9. The lowest BCUT2D eigenvalue weighted by Gasteiger charge is -2.14. The van der Waals surface area contributed by atoms with Crippen molar-refractivity contribution in [1.29, 1.82) is 5.26 Å². The van der Waals surface area contributed by atoms with E-state index in [1.165, 1.54) is 32.4 Å². The third-order valence-electron chi connectivity index (χ3n) is 2.31. The summed E-state index contributed by atoms with van der Waals surface area (Å²) in [6, 6.07) is 6.02. The second-order valence-electron chi connectivity index (χ2n) is 3.38. The number of hydrogen-bond acceptors (Lipinski definition) is 6. The first-order chi connectivity index (χ1) is 8.62. The minimum Gasteiger partial charge on any atom is -0.374 e. The van der Waals surface area contributed by atoms with Crippen LogP contribution in [0.1, 0.15) is 5.56 Å². The van der Waals surface area contributed by atoms with E-state index >= 15 is 0 Å². The molecule has 0 saturated carbocycles. The molecule has 1 aromatic rings. The molecular formula is C11H13N3O4. The maximum atomic E-state index is 10.8. The third-order valence-corrected chi connectivity index (χ3v) is 2.31. The Kier molecular flexibility index (Phi) is 5.05. The zero-order chi connectivity index (χ0) is 13.5. The largest absolute Gasteiger partial charge is 0.374 e. The number of nitrogens with one attached hydrogen (secondary N) is 1. The van der Waals surface area contributed by atoms with E-state index in [2.05, 4.69) is 5.32 Å². The molecule has 7 nitrogen and oxygen atoms in total. The van der Waals surface area contributed by atoms with Crippen molar-refractivity contribution in [3.05, 3.63) is 33.9 Å². The molecule has 18 heavy (non-hydrogen) atoms. The number of anilines is 1. The van der Waals surface area contributed by atoms with Gasteiger partial charge in [-0.15, -0.1) is 0 Å². The van der Waals surface area contributed by atoms with Gasteiger partial charge in [-0.1, -0.05) is 0 Å². The van der Waals surface area contributed by atoms with Gasteiger partial charge in [0, 0.05) is 20.3 Å². The molecule has 0 amide bonds. The lowest BCUT2D eigenvalue weighted by atomic mass is 10.2. The van der Waals surface area contributed by atoms with Crippen molar-refractivity contribution in [3.63, 3.8) is 0 Å². The molecule has 0 aliphatic carbocycles. The van der Waals surface area contributed by atoms with Crippen molar-refractivity contribution in [2.75, 3.05) is 26.1 Å². The van der Waals surface area contributed by atoms with Gasteiger partial charge in [-0.05, 0) is 12.1 Å². The topological polar surface area (TPSA) is 97.4 Å². The van der Waals surface area contributed by atoms with Crippen molar-refractivity contribution in [2.45, 2.75) is 6.29 Å². The Bertz CT molecular complexity index is 466. The number of nitro groups is 1. The monoisotopic (exact) mass is 251 g/mol. The molecule has 96 valence electrons. The van der Waals surface area contributed by atoms with Crippen LogP contribution in [0, 0.1) is 21.4 Å². The van der Waals surface area contributed by atoms with Gasteiger partial charge in [-0.2, -0.15) is 5.26 Å². The van der Waals surface area contributed by atoms with Gasteiger partial charge in [0.15, 0.2) is 6.29 Å². The maximum Gasteiger partial charge on any atom is 0.292 e. The minimum absolute atomic E-state index is 0.0973. The molecular weight excluding hydrogens is 238 g/mol. The predicted molar refractivity (Wildman–Crippen MR) is 64.1 cm³/mol. The third kappa shape index (κ3) is 3.41. The number of ether oxygens (including phenoxy) is 2. The fourth-order valence-electron chi connectivity index (χ4n) is 1.36. The number of methoxy groups -OCH3 is 2. The average molecular weight is 251 g/mol. The number of nitrogens with zero attached hydrogens (tertiary/aromatic N) is 2. The predicted octanol–water partition coefficient (Wildman–Crippen LogP) is 1.50. The van der Waals surface area contributed by atoms with Crippen LogP contribution < -0.4 is 5.32 Å². The molecule has 1 aromatic carbocycles. The standard InChI is InChI=1S/C11H13N3O4/c1-17-11(18-2)7-13-9-5-8(6-12)3-4-10(9)14(15)16/h3-5,11,13H,7H2,1-2H3. The van der Waals surface area contributed by atoms with E-state index in [1.807, 2.05) is 6.07 Å². The van der Waals surface area contributed by atoms with Gasteiger partial charge in [0.1, 0.15) is 5.69 Å². The molecule has 0 aromatic heterocycles. The molecule has 1 N–H and O–H groups in total. The van der Waals surface area contributed by atoms with Crippen molar-refractivity contribution >= 4 is 11.4 Å². The summed E-state index contributed by atoms with van der Waals surface area (Å²) in [6.45, 7) is 0.239. The fourth-order valence-corrected chi connectivity index (χ4v) is 1.36. The minimum atomic E-state index is -0.518. The van der Waals surface area contributed by atoms with Crippen molar-refractivity contribution in [3.8, 4) is 6.07 Å². The molecule has 7 heteroatoms. The number of nitro benzene ring substituents is 1. The van der Waals surface area contributed by atoms with Gasteiger partial charge in [0.2, 0.25) is 0 Å². The highest BCUT2D eigenvalue weighted by Crippen LogP contribution is 2.25. The summed E-state index contributed by atoms with van der Waals surface area (Å²) in [7, 11) is 2.94. The summed E-state index contributed by atoms with van der Waals surface area (Å²) in [5.41, 5.74) is 0.507. The van der Waals surface area contributed by atoms with Gasteiger partial charge < -0.3 is 14.8 Å². The van der Waals surface area contributed by atoms with E-state index in [4.69, 9.17) is 14.7 Å². The lowest BCUT2D eigenvalue weighted by Crippen LogP contribution is -2.23. The van der Waals surface area contributed by atoms with Gasteiger partial charge in [-0.3, -0.25) is 10.1 Å². The van der Waals surface area contributed by atoms with Gasteiger partial charge in [-0.25, -0.2) is 0 Å². The average Bonchev–Trinajstić information content (AvgIpc) is 2.39. The Labute approximate surface area is 104 Å². The Balaban J connectivity index is 2.91. The van der Waals surface area contributed by atoms with Crippen LogP contribution >= 0.6 is 0 Å². The highest BCUT2D eigenvalue weighted by atomic mass is 16.7. The van der Waals surface area contributed by atoms with E-state index in [-0.39, 0.29) is 17.9 Å². The van der Waals surface area contributed by atoms with Gasteiger partial charge in [0.25, 0.3) is 5.69 Å². The van der Waals surface area contributed by atoms with Crippen LogP contribution in [0.5, 0.6) is 0 Å². The molecule has 0 aliphatic rings. The van der Waals surface area contributed by atoms with Crippen LogP contribution in [0.3, 0.4) is 0 Å². The number of hydrogen-bond donors (Lipinski definition) is 1. The highest BCUT2D eigenvalue weighted by Gasteiger charge is 2.15. The molecule has 0 spiro atoms. The zero-order valence-corrected chi connectivity index (χ0v) is 10.0. The highest BCUT2D eigenvalue weighted by molar-refractivity contribution is 5.64. The Morgan fingerprint density at radius 3 is 2.67 bits per heavy atom. The Morgan fingerprint density at radius 2 is 2.17 bits per heavy atom. The molecule has 0 unspecified atom stereocenters. The van der Waals surface area contributed by atoms with Crippen LogP contribution in [-0.4, -0.2) is 32.0 Å². The van der Waals surface area contributed by atoms with Crippen LogP contribution in [0.25, 0.3) is 0 Å². The molecule has 0 bridgehead atoms. The summed E-state index contributed by atoms with van der Waals surface area (Å²) in [6.07, 6.45) is -0.518. The normalized spacial score (nSPS) is 10.1. The number of rotatable bonds is 6. The second kappa shape index (κ2) is 6.54. The maximum absolute atomic E-state index is 10.8. The van der Waals surface area contributed by atoms with E-state index in [0.717, 1.165) is 0 Å². The molecule has 0 saturated heterocycles. The van der Waals surface area contributed by atoms with Crippen molar-refractivity contribution in [2.24, 2.45) is 0 Å². The van der Waals surface area contributed by atoms with Crippen LogP contribution in [0.15, 0.2) is 18.2 Å².